The first kappa shape index (κ1) is 12.8. The maximum absolute atomic E-state index is 11.3. The molecule has 0 unspecified atom stereocenters. The molecule has 3 N–H and O–H groups in total. The third-order valence-corrected chi connectivity index (χ3v) is 3.26. The first-order valence-corrected chi connectivity index (χ1v) is 6.15. The maximum Gasteiger partial charge on any atom is 0.271 e. The Balaban J connectivity index is 1.92. The van der Waals surface area contributed by atoms with Crippen LogP contribution >= 0.6 is 0 Å². The molecule has 0 saturated heterocycles. The summed E-state index contributed by atoms with van der Waals surface area (Å²) in [5.41, 5.74) is -0.344. The van der Waals surface area contributed by atoms with Crippen LogP contribution < -0.4 is 10.6 Å². The predicted octanol–water partition coefficient (Wildman–Crippen LogP) is 0.553. The van der Waals surface area contributed by atoms with Gasteiger partial charge in [-0.05, 0) is 25.0 Å². The Kier molecular flexibility index (Phi) is 3.76. The number of aromatic nitrogens is 2. The Labute approximate surface area is 106 Å². The SMILES string of the molecule is CNC(=O)c1ccc(NCC2(O)CCCC2)nn1. The second-order valence-corrected chi connectivity index (χ2v) is 4.67. The molecule has 1 aromatic rings. The Hall–Kier alpha value is -1.69. The fourth-order valence-corrected chi connectivity index (χ4v) is 2.14. The molecule has 1 aromatic heterocycles. The van der Waals surface area contributed by atoms with Gasteiger partial charge in [-0.2, -0.15) is 0 Å². The average Bonchev–Trinajstić information content (AvgIpc) is 2.83. The standard InChI is InChI=1S/C12H18N4O2/c1-13-11(17)9-4-5-10(16-15-9)14-8-12(18)6-2-3-7-12/h4-5,18H,2-3,6-8H2,1H3,(H,13,17)(H,14,16). The third-order valence-electron chi connectivity index (χ3n) is 3.26. The van der Waals surface area contributed by atoms with Crippen molar-refractivity contribution < 1.29 is 9.90 Å². The van der Waals surface area contributed by atoms with E-state index >= 15 is 0 Å². The van der Waals surface area contributed by atoms with Gasteiger partial charge in [-0.1, -0.05) is 12.8 Å². The molecule has 1 saturated carbocycles. The van der Waals surface area contributed by atoms with Crippen molar-refractivity contribution in [2.75, 3.05) is 18.9 Å². The minimum Gasteiger partial charge on any atom is -0.388 e. The minimum absolute atomic E-state index is 0.261. The normalized spacial score (nSPS) is 17.4. The van der Waals surface area contributed by atoms with E-state index in [0.717, 1.165) is 25.7 Å². The van der Waals surface area contributed by atoms with E-state index in [1.54, 1.807) is 19.2 Å². The van der Waals surface area contributed by atoms with Crippen LogP contribution in [0.5, 0.6) is 0 Å². The lowest BCUT2D eigenvalue weighted by Gasteiger charge is -2.22. The van der Waals surface area contributed by atoms with E-state index in [2.05, 4.69) is 20.8 Å². The molecule has 0 aliphatic heterocycles. The fourth-order valence-electron chi connectivity index (χ4n) is 2.14. The Morgan fingerprint density at radius 3 is 2.67 bits per heavy atom. The van der Waals surface area contributed by atoms with Crippen LogP contribution in [0.25, 0.3) is 0 Å². The van der Waals surface area contributed by atoms with Crippen LogP contribution in [-0.4, -0.2) is 40.4 Å². The van der Waals surface area contributed by atoms with Gasteiger partial charge in [0.05, 0.1) is 5.60 Å². The number of carbonyl (C=O) groups is 1. The van der Waals surface area contributed by atoms with Crippen LogP contribution in [0, 0.1) is 0 Å². The number of hydrogen-bond donors (Lipinski definition) is 3. The molecule has 0 bridgehead atoms. The zero-order valence-electron chi connectivity index (χ0n) is 10.4. The molecule has 98 valence electrons. The summed E-state index contributed by atoms with van der Waals surface area (Å²) < 4.78 is 0. The van der Waals surface area contributed by atoms with E-state index in [-0.39, 0.29) is 11.6 Å². The predicted molar refractivity (Wildman–Crippen MR) is 67.3 cm³/mol. The van der Waals surface area contributed by atoms with E-state index < -0.39 is 5.60 Å². The molecule has 2 rings (SSSR count). The van der Waals surface area contributed by atoms with Crippen molar-refractivity contribution in [2.24, 2.45) is 0 Å². The molecular weight excluding hydrogens is 232 g/mol. The van der Waals surface area contributed by atoms with Gasteiger partial charge in [0.2, 0.25) is 0 Å². The highest BCUT2D eigenvalue weighted by molar-refractivity contribution is 5.91. The van der Waals surface area contributed by atoms with Crippen molar-refractivity contribution >= 4 is 11.7 Å². The Morgan fingerprint density at radius 2 is 2.11 bits per heavy atom. The molecule has 6 nitrogen and oxygen atoms in total. The third kappa shape index (κ3) is 2.95. The highest BCUT2D eigenvalue weighted by Crippen LogP contribution is 2.29. The van der Waals surface area contributed by atoms with Crippen LogP contribution in [0.15, 0.2) is 12.1 Å². The van der Waals surface area contributed by atoms with E-state index in [0.29, 0.717) is 12.4 Å². The number of anilines is 1. The van der Waals surface area contributed by atoms with Crippen molar-refractivity contribution in [1.29, 1.82) is 0 Å². The molecule has 0 aromatic carbocycles. The monoisotopic (exact) mass is 250 g/mol. The van der Waals surface area contributed by atoms with Gasteiger partial charge in [0.15, 0.2) is 5.69 Å². The summed E-state index contributed by atoms with van der Waals surface area (Å²) in [6.45, 7) is 0.473. The number of amides is 1. The highest BCUT2D eigenvalue weighted by atomic mass is 16.3. The smallest absolute Gasteiger partial charge is 0.271 e. The quantitative estimate of drug-likeness (QED) is 0.726. The number of nitrogens with zero attached hydrogens (tertiary/aromatic N) is 2. The highest BCUT2D eigenvalue weighted by Gasteiger charge is 2.30. The van der Waals surface area contributed by atoms with Gasteiger partial charge in [-0.3, -0.25) is 4.79 Å². The number of hydrogen-bond acceptors (Lipinski definition) is 5. The molecule has 0 radical (unpaired) electrons. The lowest BCUT2D eigenvalue weighted by molar-refractivity contribution is 0.0613. The number of carbonyl (C=O) groups excluding carboxylic acids is 1. The van der Waals surface area contributed by atoms with Gasteiger partial charge in [-0.15, -0.1) is 10.2 Å². The Bertz CT molecular complexity index is 413. The number of nitrogens with one attached hydrogen (secondary N) is 2. The molecular formula is C12H18N4O2. The molecule has 1 amide bonds. The zero-order chi connectivity index (χ0) is 13.0. The lowest BCUT2D eigenvalue weighted by Crippen LogP contribution is -2.33. The zero-order valence-corrected chi connectivity index (χ0v) is 10.4. The summed E-state index contributed by atoms with van der Waals surface area (Å²) in [6.07, 6.45) is 3.78. The van der Waals surface area contributed by atoms with Gasteiger partial charge in [0.25, 0.3) is 5.91 Å². The van der Waals surface area contributed by atoms with E-state index in [9.17, 15) is 9.90 Å². The van der Waals surface area contributed by atoms with Crippen molar-refractivity contribution in [1.82, 2.24) is 15.5 Å². The van der Waals surface area contributed by atoms with Gasteiger partial charge in [-0.25, -0.2) is 0 Å². The molecule has 1 heterocycles. The van der Waals surface area contributed by atoms with Crippen molar-refractivity contribution in [3.05, 3.63) is 17.8 Å². The largest absolute Gasteiger partial charge is 0.388 e. The van der Waals surface area contributed by atoms with Crippen LogP contribution in [-0.2, 0) is 0 Å². The van der Waals surface area contributed by atoms with Gasteiger partial charge < -0.3 is 15.7 Å². The van der Waals surface area contributed by atoms with E-state index in [1.165, 1.54) is 0 Å². The van der Waals surface area contributed by atoms with E-state index in [4.69, 9.17) is 0 Å². The van der Waals surface area contributed by atoms with Gasteiger partial charge >= 0.3 is 0 Å². The van der Waals surface area contributed by atoms with Crippen molar-refractivity contribution in [3.63, 3.8) is 0 Å². The molecule has 18 heavy (non-hydrogen) atoms. The fraction of sp³-hybridized carbons (Fsp3) is 0.583. The minimum atomic E-state index is -0.624. The van der Waals surface area contributed by atoms with Crippen LogP contribution in [0.1, 0.15) is 36.2 Å². The second kappa shape index (κ2) is 5.30. The molecule has 0 spiro atoms. The lowest BCUT2D eigenvalue weighted by atomic mass is 10.0. The summed E-state index contributed by atoms with van der Waals surface area (Å²) in [5.74, 6) is 0.312. The summed E-state index contributed by atoms with van der Waals surface area (Å²) in [4.78, 5) is 11.3. The molecule has 1 aliphatic rings. The van der Waals surface area contributed by atoms with Crippen LogP contribution in [0.3, 0.4) is 0 Å². The summed E-state index contributed by atoms with van der Waals surface area (Å²) >= 11 is 0. The summed E-state index contributed by atoms with van der Waals surface area (Å²) in [6, 6.07) is 3.29. The second-order valence-electron chi connectivity index (χ2n) is 4.67. The maximum atomic E-state index is 11.3. The van der Waals surface area contributed by atoms with Gasteiger partial charge in [0.1, 0.15) is 5.82 Å². The molecule has 0 atom stereocenters. The van der Waals surface area contributed by atoms with Crippen molar-refractivity contribution in [2.45, 2.75) is 31.3 Å². The number of rotatable bonds is 4. The summed E-state index contributed by atoms with van der Waals surface area (Å²) in [7, 11) is 1.55. The molecule has 6 heteroatoms. The van der Waals surface area contributed by atoms with E-state index in [1.807, 2.05) is 0 Å². The first-order chi connectivity index (χ1) is 8.63. The average molecular weight is 250 g/mol. The topological polar surface area (TPSA) is 87.1 Å². The van der Waals surface area contributed by atoms with Crippen LogP contribution in [0.4, 0.5) is 5.82 Å². The summed E-state index contributed by atoms with van der Waals surface area (Å²) in [5, 5.41) is 23.4. The Morgan fingerprint density at radius 1 is 1.39 bits per heavy atom. The van der Waals surface area contributed by atoms with Gasteiger partial charge in [0, 0.05) is 13.6 Å². The molecule has 1 aliphatic carbocycles. The molecule has 1 fully saturated rings. The number of aliphatic hydroxyl groups is 1. The van der Waals surface area contributed by atoms with Crippen molar-refractivity contribution in [3.8, 4) is 0 Å². The van der Waals surface area contributed by atoms with Crippen LogP contribution in [0.2, 0.25) is 0 Å². The first-order valence-electron chi connectivity index (χ1n) is 6.15.